The van der Waals surface area contributed by atoms with Gasteiger partial charge in [-0.2, -0.15) is 13.2 Å². The van der Waals surface area contributed by atoms with Crippen LogP contribution in [0, 0.1) is 0 Å². The molecule has 4 aromatic rings. The Bertz CT molecular complexity index is 1550. The molecule has 43 heavy (non-hydrogen) atoms. The predicted molar refractivity (Wildman–Crippen MR) is 165 cm³/mol. The van der Waals surface area contributed by atoms with Gasteiger partial charge in [-0.15, -0.1) is 23.2 Å². The Kier molecular flexibility index (Phi) is 10.6. The lowest BCUT2D eigenvalue weighted by atomic mass is 10.0. The Balaban J connectivity index is 1.55. The zero-order chi connectivity index (χ0) is 31.1. The fourth-order valence-electron chi connectivity index (χ4n) is 4.98. The summed E-state index contributed by atoms with van der Waals surface area (Å²) in [7, 11) is 1.27. The lowest BCUT2D eigenvalue weighted by Gasteiger charge is -2.23. The maximum atomic E-state index is 13.3. The highest BCUT2D eigenvalue weighted by molar-refractivity contribution is 6.18. The fourth-order valence-corrected chi connectivity index (χ4v) is 5.38. The summed E-state index contributed by atoms with van der Waals surface area (Å²) in [5, 5.41) is 3.59. The SMILES string of the molecule is CCc1cn(-c2ccc(C(F)(F)F)cc2)c2ccc(C(=O)NC(Cc3ccc(N(CCCl)CCCl)cc3)C(=O)OC)cc12. The van der Waals surface area contributed by atoms with E-state index in [1.54, 1.807) is 22.8 Å². The minimum atomic E-state index is -4.42. The molecule has 6 nitrogen and oxygen atoms in total. The molecule has 0 bridgehead atoms. The molecule has 0 spiro atoms. The minimum Gasteiger partial charge on any atom is -0.467 e. The van der Waals surface area contributed by atoms with Gasteiger partial charge in [-0.05, 0) is 72.1 Å². The molecular formula is C32H32Cl2F3N3O3. The molecule has 0 aliphatic carbocycles. The van der Waals surface area contributed by atoms with Crippen LogP contribution in [-0.2, 0) is 28.5 Å². The maximum Gasteiger partial charge on any atom is 0.416 e. The van der Waals surface area contributed by atoms with Crippen molar-refractivity contribution in [2.24, 2.45) is 0 Å². The summed E-state index contributed by atoms with van der Waals surface area (Å²) in [6, 6.07) is 16.7. The lowest BCUT2D eigenvalue weighted by molar-refractivity contribution is -0.143. The van der Waals surface area contributed by atoms with Crippen LogP contribution in [0.5, 0.6) is 0 Å². The number of rotatable bonds is 12. The number of alkyl halides is 5. The molecule has 0 radical (unpaired) electrons. The molecule has 0 fully saturated rings. The van der Waals surface area contributed by atoms with Gasteiger partial charge in [-0.25, -0.2) is 4.79 Å². The highest BCUT2D eigenvalue weighted by Crippen LogP contribution is 2.31. The Morgan fingerprint density at radius 3 is 2.19 bits per heavy atom. The molecule has 0 saturated carbocycles. The van der Waals surface area contributed by atoms with E-state index in [2.05, 4.69) is 10.2 Å². The second-order valence-corrected chi connectivity index (χ2v) is 10.7. The molecule has 1 atom stereocenters. The first-order valence-electron chi connectivity index (χ1n) is 13.8. The zero-order valence-corrected chi connectivity index (χ0v) is 25.3. The van der Waals surface area contributed by atoms with Crippen molar-refractivity contribution in [2.45, 2.75) is 32.0 Å². The van der Waals surface area contributed by atoms with Gasteiger partial charge in [0.05, 0.1) is 18.2 Å². The van der Waals surface area contributed by atoms with Crippen LogP contribution in [0.4, 0.5) is 18.9 Å². The highest BCUT2D eigenvalue weighted by atomic mass is 35.5. The summed E-state index contributed by atoms with van der Waals surface area (Å²) in [5.41, 5.74) is 3.63. The van der Waals surface area contributed by atoms with Gasteiger partial charge < -0.3 is 19.5 Å². The third-order valence-corrected chi connectivity index (χ3v) is 7.58. The molecule has 4 rings (SSSR count). The van der Waals surface area contributed by atoms with Crippen LogP contribution in [-0.4, -0.2) is 54.4 Å². The number of fused-ring (bicyclic) bond motifs is 1. The minimum absolute atomic E-state index is 0.219. The number of ether oxygens (including phenoxy) is 1. The number of hydrogen-bond donors (Lipinski definition) is 1. The number of nitrogens with zero attached hydrogens (tertiary/aromatic N) is 2. The third-order valence-electron chi connectivity index (χ3n) is 7.24. The Hall–Kier alpha value is -3.69. The molecule has 1 N–H and O–H groups in total. The summed E-state index contributed by atoms with van der Waals surface area (Å²) >= 11 is 11.8. The van der Waals surface area contributed by atoms with Gasteiger partial charge in [0.2, 0.25) is 0 Å². The summed E-state index contributed by atoms with van der Waals surface area (Å²) in [6.45, 7) is 3.25. The van der Waals surface area contributed by atoms with Crippen LogP contribution < -0.4 is 10.2 Å². The molecule has 0 aliphatic heterocycles. The molecule has 0 saturated heterocycles. The van der Waals surface area contributed by atoms with E-state index < -0.39 is 29.7 Å². The van der Waals surface area contributed by atoms with Crippen molar-refractivity contribution >= 4 is 51.7 Å². The number of amides is 1. The van der Waals surface area contributed by atoms with Gasteiger partial charge in [0, 0.05) is 59.8 Å². The first-order chi connectivity index (χ1) is 20.6. The van der Waals surface area contributed by atoms with Gasteiger partial charge in [0.25, 0.3) is 5.91 Å². The molecule has 1 amide bonds. The monoisotopic (exact) mass is 633 g/mol. The highest BCUT2D eigenvalue weighted by Gasteiger charge is 2.30. The largest absolute Gasteiger partial charge is 0.467 e. The summed E-state index contributed by atoms with van der Waals surface area (Å²) in [5.74, 6) is -0.110. The number of esters is 1. The van der Waals surface area contributed by atoms with E-state index in [0.29, 0.717) is 42.5 Å². The average Bonchev–Trinajstić information content (AvgIpc) is 3.38. The number of anilines is 1. The van der Waals surface area contributed by atoms with Crippen LogP contribution in [0.15, 0.2) is 72.9 Å². The number of carbonyl (C=O) groups excluding carboxylic acids is 2. The van der Waals surface area contributed by atoms with E-state index in [0.717, 1.165) is 39.8 Å². The standard InChI is InChI=1S/C32H32Cl2F3N3O3/c1-3-22-20-40(26-11-7-24(8-12-26)32(35,36)37)29-13-6-23(19-27(22)29)30(41)38-28(31(42)43-2)18-21-4-9-25(10-5-21)39(16-14-33)17-15-34/h4-13,19-20,28H,3,14-18H2,1-2H3,(H,38,41). The van der Waals surface area contributed by atoms with E-state index in [-0.39, 0.29) is 6.42 Å². The van der Waals surface area contributed by atoms with Crippen LogP contribution in [0.3, 0.4) is 0 Å². The smallest absolute Gasteiger partial charge is 0.416 e. The molecule has 0 aliphatic rings. The number of hydrogen-bond acceptors (Lipinski definition) is 4. The van der Waals surface area contributed by atoms with E-state index in [1.165, 1.54) is 19.2 Å². The number of methoxy groups -OCH3 is 1. The van der Waals surface area contributed by atoms with Crippen LogP contribution in [0.25, 0.3) is 16.6 Å². The van der Waals surface area contributed by atoms with Crippen molar-refractivity contribution in [1.29, 1.82) is 0 Å². The second kappa shape index (κ2) is 14.2. The summed E-state index contributed by atoms with van der Waals surface area (Å²) < 4.78 is 45.9. The molecular weight excluding hydrogens is 602 g/mol. The van der Waals surface area contributed by atoms with Crippen molar-refractivity contribution in [2.75, 3.05) is 36.9 Å². The van der Waals surface area contributed by atoms with Crippen molar-refractivity contribution < 1.29 is 27.5 Å². The topological polar surface area (TPSA) is 63.6 Å². The average molecular weight is 635 g/mol. The van der Waals surface area contributed by atoms with Gasteiger partial charge in [0.15, 0.2) is 0 Å². The summed E-state index contributed by atoms with van der Waals surface area (Å²) in [6.07, 6.45) is -1.70. The van der Waals surface area contributed by atoms with E-state index >= 15 is 0 Å². The quantitative estimate of drug-likeness (QED) is 0.135. The first-order valence-corrected chi connectivity index (χ1v) is 14.8. The first kappa shape index (κ1) is 32.2. The second-order valence-electron chi connectivity index (χ2n) is 9.94. The predicted octanol–water partition coefficient (Wildman–Crippen LogP) is 7.01. The normalized spacial score (nSPS) is 12.3. The van der Waals surface area contributed by atoms with Crippen molar-refractivity contribution in [3.63, 3.8) is 0 Å². The number of aromatic nitrogens is 1. The van der Waals surface area contributed by atoms with E-state index in [1.807, 2.05) is 37.4 Å². The van der Waals surface area contributed by atoms with Gasteiger partial charge in [0.1, 0.15) is 6.04 Å². The van der Waals surface area contributed by atoms with Gasteiger partial charge in [-0.3, -0.25) is 4.79 Å². The maximum absolute atomic E-state index is 13.3. The molecule has 1 aromatic heterocycles. The number of nitrogens with one attached hydrogen (secondary N) is 1. The molecule has 1 heterocycles. The Morgan fingerprint density at radius 1 is 0.977 bits per heavy atom. The molecule has 228 valence electrons. The number of benzene rings is 3. The van der Waals surface area contributed by atoms with Crippen LogP contribution in [0.1, 0.15) is 34.0 Å². The van der Waals surface area contributed by atoms with Crippen molar-refractivity contribution in [3.8, 4) is 5.69 Å². The number of carbonyl (C=O) groups is 2. The zero-order valence-electron chi connectivity index (χ0n) is 23.8. The van der Waals surface area contributed by atoms with E-state index in [9.17, 15) is 22.8 Å². The third kappa shape index (κ3) is 7.64. The van der Waals surface area contributed by atoms with Crippen molar-refractivity contribution in [3.05, 3.63) is 95.2 Å². The van der Waals surface area contributed by atoms with Crippen molar-refractivity contribution in [1.82, 2.24) is 9.88 Å². The van der Waals surface area contributed by atoms with Crippen LogP contribution >= 0.6 is 23.2 Å². The van der Waals surface area contributed by atoms with Crippen LogP contribution in [0.2, 0.25) is 0 Å². The Labute approximate surface area is 258 Å². The van der Waals surface area contributed by atoms with E-state index in [4.69, 9.17) is 27.9 Å². The Morgan fingerprint density at radius 2 is 1.63 bits per heavy atom. The van der Waals surface area contributed by atoms with Gasteiger partial charge in [-0.1, -0.05) is 19.1 Å². The number of aryl methyl sites for hydroxylation is 1. The van der Waals surface area contributed by atoms with Gasteiger partial charge >= 0.3 is 12.1 Å². The molecule has 1 unspecified atom stereocenters. The summed E-state index contributed by atoms with van der Waals surface area (Å²) in [4.78, 5) is 28.0. The fraction of sp³-hybridized carbons (Fsp3) is 0.312. The number of halogens is 5. The molecule has 11 heteroatoms. The molecule has 3 aromatic carbocycles. The lowest BCUT2D eigenvalue weighted by Crippen LogP contribution is -2.43.